The Kier molecular flexibility index (Phi) is 4.76. The normalized spacial score (nSPS) is 25.0. The van der Waals surface area contributed by atoms with E-state index in [0.717, 1.165) is 24.9 Å². The molecule has 1 aromatic rings. The molecule has 0 saturated carbocycles. The number of aryl methyl sites for hydroxylation is 1. The van der Waals surface area contributed by atoms with Crippen molar-refractivity contribution in [1.29, 1.82) is 0 Å². The Morgan fingerprint density at radius 1 is 1.37 bits per heavy atom. The van der Waals surface area contributed by atoms with E-state index in [1.54, 1.807) is 0 Å². The number of benzene rings is 1. The molecule has 104 valence electrons. The number of nitrogens with one attached hydrogen (secondary N) is 1. The molecule has 1 saturated heterocycles. The minimum atomic E-state index is 0.107. The Morgan fingerprint density at radius 3 is 2.63 bits per heavy atom. The Labute approximate surface area is 116 Å². The third kappa shape index (κ3) is 3.24. The number of rotatable bonds is 4. The summed E-state index contributed by atoms with van der Waals surface area (Å²) in [6, 6.07) is 8.56. The number of ketones is 1. The lowest BCUT2D eigenvalue weighted by Gasteiger charge is -2.33. The van der Waals surface area contributed by atoms with E-state index in [1.165, 1.54) is 12.0 Å². The molecule has 0 spiro atoms. The first-order valence-corrected chi connectivity index (χ1v) is 7.50. The van der Waals surface area contributed by atoms with E-state index in [4.69, 9.17) is 0 Å². The average molecular weight is 259 g/mol. The van der Waals surface area contributed by atoms with E-state index in [0.29, 0.717) is 17.7 Å². The van der Waals surface area contributed by atoms with Gasteiger partial charge in [-0.1, -0.05) is 38.1 Å². The quantitative estimate of drug-likeness (QED) is 0.839. The Morgan fingerprint density at radius 2 is 2.05 bits per heavy atom. The average Bonchev–Trinajstić information content (AvgIpc) is 2.46. The lowest BCUT2D eigenvalue weighted by atomic mass is 9.78. The molecule has 1 fully saturated rings. The second kappa shape index (κ2) is 6.33. The summed E-state index contributed by atoms with van der Waals surface area (Å²) in [6.07, 6.45) is 3.36. The largest absolute Gasteiger partial charge is 0.314 e. The smallest absolute Gasteiger partial charge is 0.166 e. The Bertz CT molecular complexity index is 423. The maximum absolute atomic E-state index is 12.6. The minimum Gasteiger partial charge on any atom is -0.314 e. The molecule has 1 aliphatic rings. The van der Waals surface area contributed by atoms with Gasteiger partial charge < -0.3 is 5.32 Å². The number of carbonyl (C=O) groups is 1. The molecule has 1 heterocycles. The van der Waals surface area contributed by atoms with E-state index in [9.17, 15) is 4.79 Å². The van der Waals surface area contributed by atoms with Gasteiger partial charge in [-0.15, -0.1) is 0 Å². The molecule has 2 nitrogen and oxygen atoms in total. The van der Waals surface area contributed by atoms with E-state index >= 15 is 0 Å². The maximum Gasteiger partial charge on any atom is 0.166 e. The molecule has 3 unspecified atom stereocenters. The predicted molar refractivity (Wildman–Crippen MR) is 79.5 cm³/mol. The Hall–Kier alpha value is -1.15. The lowest BCUT2D eigenvalue weighted by molar-refractivity contribution is 0.0843. The van der Waals surface area contributed by atoms with Crippen molar-refractivity contribution in [2.24, 2.45) is 11.8 Å². The highest BCUT2D eigenvalue weighted by Crippen LogP contribution is 2.27. The van der Waals surface area contributed by atoms with Crippen LogP contribution in [0.3, 0.4) is 0 Å². The van der Waals surface area contributed by atoms with Crippen LogP contribution in [-0.2, 0) is 6.42 Å². The van der Waals surface area contributed by atoms with Crippen molar-refractivity contribution in [3.8, 4) is 0 Å². The minimum absolute atomic E-state index is 0.107. The van der Waals surface area contributed by atoms with E-state index < -0.39 is 0 Å². The summed E-state index contributed by atoms with van der Waals surface area (Å²) < 4.78 is 0. The third-order valence-electron chi connectivity index (χ3n) is 4.53. The van der Waals surface area contributed by atoms with Gasteiger partial charge in [0.2, 0.25) is 0 Å². The fourth-order valence-corrected chi connectivity index (χ4v) is 3.11. The summed E-state index contributed by atoms with van der Waals surface area (Å²) in [5, 5.41) is 3.49. The van der Waals surface area contributed by atoms with Crippen LogP contribution in [0.1, 0.15) is 49.5 Å². The predicted octanol–water partition coefficient (Wildman–Crippen LogP) is 3.46. The molecule has 0 amide bonds. The van der Waals surface area contributed by atoms with Crippen LogP contribution in [0.5, 0.6) is 0 Å². The molecule has 1 N–H and O–H groups in total. The molecule has 2 rings (SSSR count). The van der Waals surface area contributed by atoms with Gasteiger partial charge >= 0.3 is 0 Å². The molecular formula is C17H25NO. The van der Waals surface area contributed by atoms with E-state index in [2.05, 4.69) is 38.2 Å². The van der Waals surface area contributed by atoms with Crippen molar-refractivity contribution in [3.63, 3.8) is 0 Å². The van der Waals surface area contributed by atoms with E-state index in [-0.39, 0.29) is 5.92 Å². The maximum atomic E-state index is 12.6. The second-order valence-corrected chi connectivity index (χ2v) is 5.75. The third-order valence-corrected chi connectivity index (χ3v) is 4.53. The van der Waals surface area contributed by atoms with Crippen molar-refractivity contribution in [3.05, 3.63) is 35.4 Å². The first kappa shape index (κ1) is 14.3. The molecule has 1 aliphatic heterocycles. The Balaban J connectivity index is 2.08. The summed E-state index contributed by atoms with van der Waals surface area (Å²) in [5.74, 6) is 0.866. The van der Waals surface area contributed by atoms with Gasteiger partial charge in [0, 0.05) is 17.5 Å². The fraction of sp³-hybridized carbons (Fsp3) is 0.588. The summed E-state index contributed by atoms with van der Waals surface area (Å²) in [5.41, 5.74) is 2.15. The topological polar surface area (TPSA) is 29.1 Å². The van der Waals surface area contributed by atoms with Crippen molar-refractivity contribution < 1.29 is 4.79 Å². The van der Waals surface area contributed by atoms with Gasteiger partial charge in [-0.25, -0.2) is 0 Å². The first-order chi connectivity index (χ1) is 9.13. The number of hydrogen-bond acceptors (Lipinski definition) is 2. The zero-order valence-corrected chi connectivity index (χ0v) is 12.3. The van der Waals surface area contributed by atoms with Gasteiger partial charge in [0.1, 0.15) is 0 Å². The van der Waals surface area contributed by atoms with Crippen LogP contribution in [0.2, 0.25) is 0 Å². The van der Waals surface area contributed by atoms with Gasteiger partial charge in [0.15, 0.2) is 5.78 Å². The standard InChI is InChI=1S/C17H25NO/c1-4-14-7-9-15(10-8-14)17(19)12(2)16-6-5-11-18-13(16)3/h7-10,12-13,16,18H,4-6,11H2,1-3H3. The van der Waals surface area contributed by atoms with E-state index in [1.807, 2.05) is 12.1 Å². The van der Waals surface area contributed by atoms with Crippen molar-refractivity contribution in [2.75, 3.05) is 6.54 Å². The van der Waals surface area contributed by atoms with Gasteiger partial charge in [-0.05, 0) is 44.2 Å². The van der Waals surface area contributed by atoms with Crippen LogP contribution in [-0.4, -0.2) is 18.4 Å². The zero-order valence-electron chi connectivity index (χ0n) is 12.3. The summed E-state index contributed by atoms with van der Waals surface area (Å²) in [6.45, 7) is 7.51. The van der Waals surface area contributed by atoms with Crippen LogP contribution in [0.25, 0.3) is 0 Å². The highest BCUT2D eigenvalue weighted by atomic mass is 16.1. The van der Waals surface area contributed by atoms with Crippen molar-refractivity contribution >= 4 is 5.78 Å². The van der Waals surface area contributed by atoms with Crippen molar-refractivity contribution in [2.45, 2.75) is 46.1 Å². The summed E-state index contributed by atoms with van der Waals surface area (Å²) >= 11 is 0. The number of hydrogen-bond donors (Lipinski definition) is 1. The number of piperidine rings is 1. The van der Waals surface area contributed by atoms with Gasteiger partial charge in [-0.3, -0.25) is 4.79 Å². The molecule has 0 bridgehead atoms. The number of carbonyl (C=O) groups excluding carboxylic acids is 1. The van der Waals surface area contributed by atoms with Gasteiger partial charge in [0.05, 0.1) is 0 Å². The highest BCUT2D eigenvalue weighted by molar-refractivity contribution is 5.97. The monoisotopic (exact) mass is 259 g/mol. The van der Waals surface area contributed by atoms with Gasteiger partial charge in [0.25, 0.3) is 0 Å². The van der Waals surface area contributed by atoms with Crippen LogP contribution in [0.4, 0.5) is 0 Å². The molecular weight excluding hydrogens is 234 g/mol. The molecule has 0 radical (unpaired) electrons. The molecule has 3 atom stereocenters. The summed E-state index contributed by atoms with van der Waals surface area (Å²) in [7, 11) is 0. The van der Waals surface area contributed by atoms with Crippen LogP contribution in [0, 0.1) is 11.8 Å². The summed E-state index contributed by atoms with van der Waals surface area (Å²) in [4.78, 5) is 12.6. The molecule has 1 aromatic carbocycles. The fourth-order valence-electron chi connectivity index (χ4n) is 3.11. The molecule has 0 aromatic heterocycles. The van der Waals surface area contributed by atoms with Gasteiger partial charge in [-0.2, -0.15) is 0 Å². The van der Waals surface area contributed by atoms with Crippen molar-refractivity contribution in [1.82, 2.24) is 5.32 Å². The second-order valence-electron chi connectivity index (χ2n) is 5.75. The molecule has 2 heteroatoms. The SMILES string of the molecule is CCc1ccc(C(=O)C(C)C2CCCNC2C)cc1. The van der Waals surface area contributed by atoms with Crippen LogP contribution >= 0.6 is 0 Å². The first-order valence-electron chi connectivity index (χ1n) is 7.50. The highest BCUT2D eigenvalue weighted by Gasteiger charge is 2.30. The number of Topliss-reactive ketones (excluding diaryl/α,β-unsaturated/α-hetero) is 1. The molecule has 0 aliphatic carbocycles. The lowest BCUT2D eigenvalue weighted by Crippen LogP contribution is -2.43. The molecule has 19 heavy (non-hydrogen) atoms. The van der Waals surface area contributed by atoms with Crippen LogP contribution in [0.15, 0.2) is 24.3 Å². The van der Waals surface area contributed by atoms with Crippen LogP contribution < -0.4 is 5.32 Å². The zero-order chi connectivity index (χ0) is 13.8.